The van der Waals surface area contributed by atoms with Crippen LogP contribution in [0.5, 0.6) is 0 Å². The van der Waals surface area contributed by atoms with Crippen molar-refractivity contribution < 1.29 is 19.1 Å². The molecular formula is C28H40O4. The number of ketones is 2. The molecule has 4 saturated carbocycles. The molecule has 5 aliphatic carbocycles. The zero-order chi connectivity index (χ0) is 22.9. The second kappa shape index (κ2) is 7.53. The number of carbonyl (C=O) groups excluding carboxylic acids is 3. The van der Waals surface area contributed by atoms with E-state index in [1.165, 1.54) is 18.4 Å². The summed E-state index contributed by atoms with van der Waals surface area (Å²) in [6, 6.07) is 0. The zero-order valence-electron chi connectivity index (χ0n) is 20.4. The SMILES string of the molecule is CC(=O)[C@@]1(OC(=O)CCC2CC2)CC[C@H]2[C@@H]3C[C@H](C)C4=CC(=O)CC[C@]4(C)[C@H]3CC[C@@]21C. The fraction of sp³-hybridized carbons (Fsp3) is 0.821. The van der Waals surface area contributed by atoms with E-state index in [0.29, 0.717) is 48.9 Å². The smallest absolute Gasteiger partial charge is 0.306 e. The predicted octanol–water partition coefficient (Wildman–Crippen LogP) is 5.83. The third kappa shape index (κ3) is 3.18. The lowest BCUT2D eigenvalue weighted by Crippen LogP contribution is -2.59. The molecule has 0 N–H and O–H groups in total. The second-order valence-electron chi connectivity index (χ2n) is 12.3. The van der Waals surface area contributed by atoms with E-state index in [1.54, 1.807) is 6.92 Å². The Morgan fingerprint density at radius 1 is 1.06 bits per heavy atom. The lowest BCUT2D eigenvalue weighted by atomic mass is 9.44. The van der Waals surface area contributed by atoms with E-state index in [0.717, 1.165) is 38.5 Å². The van der Waals surface area contributed by atoms with E-state index in [-0.39, 0.29) is 28.4 Å². The Labute approximate surface area is 192 Å². The third-order valence-electron chi connectivity index (χ3n) is 10.7. The Balaban J connectivity index is 1.43. The van der Waals surface area contributed by atoms with Gasteiger partial charge in [-0.3, -0.25) is 14.4 Å². The Bertz CT molecular complexity index is 869. The molecule has 32 heavy (non-hydrogen) atoms. The maximum absolute atomic E-state index is 13.1. The second-order valence-corrected chi connectivity index (χ2v) is 12.3. The molecule has 5 rings (SSSR count). The van der Waals surface area contributed by atoms with Gasteiger partial charge in [0.2, 0.25) is 0 Å². The molecule has 0 aliphatic heterocycles. The highest BCUT2D eigenvalue weighted by Crippen LogP contribution is 2.69. The van der Waals surface area contributed by atoms with Gasteiger partial charge in [0.15, 0.2) is 17.2 Å². The quantitative estimate of drug-likeness (QED) is 0.505. The Hall–Kier alpha value is -1.45. The zero-order valence-corrected chi connectivity index (χ0v) is 20.4. The van der Waals surface area contributed by atoms with Gasteiger partial charge in [-0.25, -0.2) is 0 Å². The summed E-state index contributed by atoms with van der Waals surface area (Å²) in [5.74, 6) is 2.75. The summed E-state index contributed by atoms with van der Waals surface area (Å²) in [7, 11) is 0. The summed E-state index contributed by atoms with van der Waals surface area (Å²) in [5.41, 5.74) is 0.240. The molecule has 0 aromatic rings. The van der Waals surface area contributed by atoms with Crippen LogP contribution < -0.4 is 0 Å². The Morgan fingerprint density at radius 2 is 1.78 bits per heavy atom. The van der Waals surface area contributed by atoms with Crippen molar-refractivity contribution in [2.75, 3.05) is 0 Å². The van der Waals surface area contributed by atoms with Gasteiger partial charge in [0, 0.05) is 18.3 Å². The van der Waals surface area contributed by atoms with E-state index < -0.39 is 5.60 Å². The van der Waals surface area contributed by atoms with Crippen LogP contribution in [0, 0.1) is 40.4 Å². The van der Waals surface area contributed by atoms with Crippen LogP contribution in [0.1, 0.15) is 98.3 Å². The van der Waals surface area contributed by atoms with Crippen LogP contribution in [0.25, 0.3) is 0 Å². The first-order valence-electron chi connectivity index (χ1n) is 13.1. The molecule has 0 aromatic carbocycles. The summed E-state index contributed by atoms with van der Waals surface area (Å²) < 4.78 is 6.22. The number of carbonyl (C=O) groups is 3. The van der Waals surface area contributed by atoms with Gasteiger partial charge >= 0.3 is 5.97 Å². The van der Waals surface area contributed by atoms with Crippen LogP contribution in [0.2, 0.25) is 0 Å². The lowest BCUT2D eigenvalue weighted by molar-refractivity contribution is -0.189. The minimum Gasteiger partial charge on any atom is -0.450 e. The van der Waals surface area contributed by atoms with Crippen molar-refractivity contribution in [2.45, 2.75) is 104 Å². The number of hydrogen-bond acceptors (Lipinski definition) is 4. The molecule has 0 saturated heterocycles. The minimum atomic E-state index is -0.952. The molecule has 4 fully saturated rings. The first-order valence-corrected chi connectivity index (χ1v) is 13.1. The summed E-state index contributed by atoms with van der Waals surface area (Å²) in [6.45, 7) is 8.58. The maximum Gasteiger partial charge on any atom is 0.306 e. The lowest BCUT2D eigenvalue weighted by Gasteiger charge is -2.60. The normalized spacial score (nSPS) is 45.4. The highest BCUT2D eigenvalue weighted by molar-refractivity contribution is 5.92. The van der Waals surface area contributed by atoms with Crippen LogP contribution >= 0.6 is 0 Å². The van der Waals surface area contributed by atoms with Crippen LogP contribution in [0.3, 0.4) is 0 Å². The van der Waals surface area contributed by atoms with Gasteiger partial charge in [0.05, 0.1) is 0 Å². The topological polar surface area (TPSA) is 60.4 Å². The average Bonchev–Trinajstić information content (AvgIpc) is 3.51. The van der Waals surface area contributed by atoms with Crippen molar-refractivity contribution in [2.24, 2.45) is 40.4 Å². The van der Waals surface area contributed by atoms with Gasteiger partial charge in [-0.2, -0.15) is 0 Å². The first-order chi connectivity index (χ1) is 15.1. The number of rotatable bonds is 5. The van der Waals surface area contributed by atoms with E-state index in [1.807, 2.05) is 6.08 Å². The fourth-order valence-corrected chi connectivity index (χ4v) is 8.77. The molecule has 0 radical (unpaired) electrons. The summed E-state index contributed by atoms with van der Waals surface area (Å²) in [5, 5.41) is 0. The number of esters is 1. The minimum absolute atomic E-state index is 0.0413. The van der Waals surface area contributed by atoms with Gasteiger partial charge < -0.3 is 4.74 Å². The molecule has 0 heterocycles. The molecule has 4 nitrogen and oxygen atoms in total. The van der Waals surface area contributed by atoms with Gasteiger partial charge in [-0.15, -0.1) is 0 Å². The molecular weight excluding hydrogens is 400 g/mol. The largest absolute Gasteiger partial charge is 0.450 e. The van der Waals surface area contributed by atoms with E-state index in [9.17, 15) is 14.4 Å². The molecule has 7 atom stereocenters. The summed E-state index contributed by atoms with van der Waals surface area (Å²) in [4.78, 5) is 38.2. The number of ether oxygens (including phenoxy) is 1. The van der Waals surface area contributed by atoms with Crippen LogP contribution in [0.15, 0.2) is 11.6 Å². The first kappa shape index (κ1) is 22.3. The van der Waals surface area contributed by atoms with Gasteiger partial charge in [-0.05, 0) is 93.0 Å². The standard InChI is InChI=1S/C28H40O4/c1-17-15-21-22(26(3)12-9-20(30)16-24(17)26)10-13-27(4)23(21)11-14-28(27,18(2)29)32-25(31)8-7-19-5-6-19/h16-17,19,21-23H,5-15H2,1-4H3/t17-,21+,22-,23-,26+,27-,28-/m0/s1. The van der Waals surface area contributed by atoms with Crippen LogP contribution in [0.4, 0.5) is 0 Å². The van der Waals surface area contributed by atoms with Gasteiger partial charge in [-0.1, -0.05) is 39.2 Å². The van der Waals surface area contributed by atoms with E-state index >= 15 is 0 Å². The Morgan fingerprint density at radius 3 is 2.47 bits per heavy atom. The van der Waals surface area contributed by atoms with Crippen molar-refractivity contribution in [3.8, 4) is 0 Å². The summed E-state index contributed by atoms with van der Waals surface area (Å²) in [6.07, 6.45) is 12.1. The molecule has 0 unspecified atom stereocenters. The number of allylic oxidation sites excluding steroid dienone is 1. The molecule has 0 aromatic heterocycles. The molecule has 0 spiro atoms. The summed E-state index contributed by atoms with van der Waals surface area (Å²) >= 11 is 0. The van der Waals surface area contributed by atoms with E-state index in [4.69, 9.17) is 4.74 Å². The molecule has 0 bridgehead atoms. The predicted molar refractivity (Wildman–Crippen MR) is 123 cm³/mol. The molecule has 0 amide bonds. The van der Waals surface area contributed by atoms with Crippen molar-refractivity contribution in [3.05, 3.63) is 11.6 Å². The Kier molecular flexibility index (Phi) is 5.26. The van der Waals surface area contributed by atoms with Gasteiger partial charge in [0.1, 0.15) is 0 Å². The molecule has 176 valence electrons. The highest BCUT2D eigenvalue weighted by atomic mass is 16.6. The molecule has 5 aliphatic rings. The number of Topliss-reactive ketones (excluding diaryl/α,β-unsaturated/α-hetero) is 1. The third-order valence-corrected chi connectivity index (χ3v) is 10.7. The van der Waals surface area contributed by atoms with Gasteiger partial charge in [0.25, 0.3) is 0 Å². The van der Waals surface area contributed by atoms with Crippen molar-refractivity contribution in [1.82, 2.24) is 0 Å². The number of fused-ring (bicyclic) bond motifs is 5. The van der Waals surface area contributed by atoms with E-state index in [2.05, 4.69) is 20.8 Å². The monoisotopic (exact) mass is 440 g/mol. The highest BCUT2D eigenvalue weighted by Gasteiger charge is 2.68. The van der Waals surface area contributed by atoms with Crippen LogP contribution in [-0.2, 0) is 19.1 Å². The maximum atomic E-state index is 13.1. The van der Waals surface area contributed by atoms with Crippen molar-refractivity contribution in [3.63, 3.8) is 0 Å². The fourth-order valence-electron chi connectivity index (χ4n) is 8.77. The molecule has 4 heteroatoms. The average molecular weight is 441 g/mol. The number of hydrogen-bond donors (Lipinski definition) is 0. The van der Waals surface area contributed by atoms with Crippen LogP contribution in [-0.4, -0.2) is 23.1 Å². The van der Waals surface area contributed by atoms with Crippen molar-refractivity contribution in [1.29, 1.82) is 0 Å². The van der Waals surface area contributed by atoms with Crippen molar-refractivity contribution >= 4 is 17.5 Å².